The van der Waals surface area contributed by atoms with Crippen molar-refractivity contribution < 1.29 is 47.5 Å². The van der Waals surface area contributed by atoms with Gasteiger partial charge in [0.05, 0.1) is 19.8 Å². The Bertz CT molecular complexity index is 1980. The molecule has 236 valence electrons. The number of methoxy groups -OCH3 is 2. The molecule has 0 spiro atoms. The predicted octanol–water partition coefficient (Wildman–Crippen LogP) is 5.84. The third-order valence-electron chi connectivity index (χ3n) is 6.49. The van der Waals surface area contributed by atoms with Gasteiger partial charge in [0.15, 0.2) is 23.0 Å². The van der Waals surface area contributed by atoms with Gasteiger partial charge in [-0.05, 0) is 42.5 Å². The molecule has 0 aliphatic carbocycles. The molecule has 0 saturated heterocycles. The average Bonchev–Trinajstić information content (AvgIpc) is 3.47. The van der Waals surface area contributed by atoms with Crippen LogP contribution in [0.15, 0.2) is 67.0 Å². The molecule has 13 nitrogen and oxygen atoms in total. The smallest absolute Gasteiger partial charge is 0.335 e. The Hall–Kier alpha value is -6.38. The van der Waals surface area contributed by atoms with Crippen molar-refractivity contribution in [1.82, 2.24) is 14.5 Å². The van der Waals surface area contributed by atoms with Crippen molar-refractivity contribution >= 4 is 11.8 Å². The van der Waals surface area contributed by atoms with E-state index in [0.717, 1.165) is 24.3 Å². The largest absolute Gasteiger partial charge is 0.504 e. The van der Waals surface area contributed by atoms with Gasteiger partial charge in [-0.3, -0.25) is 5.41 Å². The summed E-state index contributed by atoms with van der Waals surface area (Å²) in [5.74, 6) is -8.47. The number of phenolic OH excluding ortho intramolecular Hbond substituents is 1. The Balaban J connectivity index is 1.66. The molecule has 0 atom stereocenters. The first-order chi connectivity index (χ1) is 22.0. The number of nitrogen functional groups attached to an aromatic ring is 1. The molecule has 15 heteroatoms. The Morgan fingerprint density at radius 1 is 0.891 bits per heavy atom. The van der Waals surface area contributed by atoms with Crippen molar-refractivity contribution in [1.29, 1.82) is 5.41 Å². The number of nitrogens with zero attached hydrogens (tertiary/aromatic N) is 3. The molecule has 0 fully saturated rings. The zero-order chi connectivity index (χ0) is 33.1. The van der Waals surface area contributed by atoms with Crippen LogP contribution in [0.5, 0.6) is 52.0 Å². The van der Waals surface area contributed by atoms with Gasteiger partial charge in [-0.2, -0.15) is 13.8 Å². The van der Waals surface area contributed by atoms with Gasteiger partial charge in [0.1, 0.15) is 17.4 Å². The molecule has 0 bridgehead atoms. The Morgan fingerprint density at radius 3 is 2.22 bits per heavy atom. The Morgan fingerprint density at radius 2 is 1.59 bits per heavy atom. The molecular weight excluding hydrogens is 608 g/mol. The van der Waals surface area contributed by atoms with E-state index < -0.39 is 46.6 Å². The molecule has 2 aromatic heterocycles. The number of hydrogen-bond donors (Lipinski definition) is 4. The van der Waals surface area contributed by atoms with Crippen LogP contribution in [0.2, 0.25) is 0 Å². The summed E-state index contributed by atoms with van der Waals surface area (Å²) in [7, 11) is 4.23. The van der Waals surface area contributed by atoms with Crippen LogP contribution >= 0.6 is 0 Å². The van der Waals surface area contributed by atoms with Crippen LogP contribution in [-0.4, -0.2) is 50.8 Å². The standard InChI is InChI=1S/C31H25F2N5O8/c1-38-10-9-36-28(38)16-5-4-6-18(11-16)44-29-23(32)26(45-22-14-17(31(40)41)13-21(42-2)25(22)43-3)24(33)30(37-29)46-20-12-15(27(34)35)7-8-19(20)39/h4-14,39H,1-3H3,(H3,34,35)(H,40,41). The lowest BCUT2D eigenvalue weighted by molar-refractivity contribution is 0.0696. The van der Waals surface area contributed by atoms with Crippen molar-refractivity contribution in [3.63, 3.8) is 0 Å². The first-order valence-electron chi connectivity index (χ1n) is 13.2. The molecule has 46 heavy (non-hydrogen) atoms. The van der Waals surface area contributed by atoms with Crippen LogP contribution in [-0.2, 0) is 7.05 Å². The number of pyridine rings is 1. The van der Waals surface area contributed by atoms with E-state index in [1.165, 1.54) is 26.4 Å². The van der Waals surface area contributed by atoms with Gasteiger partial charge in [-0.1, -0.05) is 12.1 Å². The van der Waals surface area contributed by atoms with Crippen LogP contribution < -0.4 is 29.4 Å². The number of rotatable bonds is 11. The molecule has 0 aliphatic heterocycles. The van der Waals surface area contributed by atoms with Gasteiger partial charge in [0.2, 0.25) is 23.1 Å². The first-order valence-corrected chi connectivity index (χ1v) is 13.2. The average molecular weight is 634 g/mol. The second-order valence-electron chi connectivity index (χ2n) is 9.49. The van der Waals surface area contributed by atoms with Crippen molar-refractivity contribution in [2.45, 2.75) is 0 Å². The summed E-state index contributed by atoms with van der Waals surface area (Å²) in [4.78, 5) is 19.9. The summed E-state index contributed by atoms with van der Waals surface area (Å²) >= 11 is 0. The number of carboxylic acid groups (broad SMARTS) is 1. The van der Waals surface area contributed by atoms with Gasteiger partial charge in [-0.25, -0.2) is 9.78 Å². The fourth-order valence-corrected chi connectivity index (χ4v) is 4.27. The number of phenols is 1. The zero-order valence-corrected chi connectivity index (χ0v) is 24.4. The van der Waals surface area contributed by atoms with Crippen LogP contribution in [0.1, 0.15) is 15.9 Å². The summed E-state index contributed by atoms with van der Waals surface area (Å²) in [6.07, 6.45) is 3.33. The molecule has 5 aromatic rings. The highest BCUT2D eigenvalue weighted by Crippen LogP contribution is 2.45. The highest BCUT2D eigenvalue weighted by Gasteiger charge is 2.29. The molecule has 0 saturated carbocycles. The number of hydrogen-bond acceptors (Lipinski definition) is 10. The number of aryl methyl sites for hydroxylation is 1. The van der Waals surface area contributed by atoms with E-state index in [0.29, 0.717) is 11.4 Å². The van der Waals surface area contributed by atoms with Gasteiger partial charge < -0.3 is 44.2 Å². The number of benzene rings is 3. The number of imidazole rings is 1. The number of aromatic hydroxyl groups is 1. The molecule has 5 N–H and O–H groups in total. The molecule has 5 rings (SSSR count). The number of halogens is 2. The van der Waals surface area contributed by atoms with E-state index in [-0.39, 0.29) is 40.0 Å². The molecular formula is C31H25F2N5O8. The number of carboxylic acids is 1. The Labute approximate surface area is 259 Å². The molecule has 2 heterocycles. The molecule has 0 unspecified atom stereocenters. The van der Waals surface area contributed by atoms with Gasteiger partial charge in [-0.15, -0.1) is 0 Å². The SMILES string of the molecule is COc1cc(C(=O)O)cc(Oc2c(F)c(Oc3cccc(-c4nccn4C)c3)nc(Oc3cc(C(=N)N)ccc3O)c2F)c1OC. The van der Waals surface area contributed by atoms with Crippen molar-refractivity contribution in [3.05, 3.63) is 89.8 Å². The summed E-state index contributed by atoms with van der Waals surface area (Å²) in [6.45, 7) is 0. The number of carbonyl (C=O) groups is 1. The number of aromatic carboxylic acids is 1. The van der Waals surface area contributed by atoms with Crippen molar-refractivity contribution in [3.8, 4) is 63.4 Å². The number of aromatic nitrogens is 3. The van der Waals surface area contributed by atoms with Crippen molar-refractivity contribution in [2.75, 3.05) is 14.2 Å². The topological polar surface area (TPSA) is 184 Å². The highest BCUT2D eigenvalue weighted by atomic mass is 19.1. The van der Waals surface area contributed by atoms with E-state index in [9.17, 15) is 15.0 Å². The van der Waals surface area contributed by atoms with E-state index in [4.69, 9.17) is 34.8 Å². The summed E-state index contributed by atoms with van der Waals surface area (Å²) in [5, 5.41) is 27.6. The van der Waals surface area contributed by atoms with E-state index in [1.807, 2.05) is 0 Å². The molecule has 0 amide bonds. The van der Waals surface area contributed by atoms with Gasteiger partial charge >= 0.3 is 5.97 Å². The fourth-order valence-electron chi connectivity index (χ4n) is 4.27. The third kappa shape index (κ3) is 6.14. The second kappa shape index (κ2) is 12.7. The zero-order valence-electron chi connectivity index (χ0n) is 24.4. The Kier molecular flexibility index (Phi) is 8.57. The minimum atomic E-state index is -1.50. The predicted molar refractivity (Wildman–Crippen MR) is 159 cm³/mol. The van der Waals surface area contributed by atoms with Crippen LogP contribution in [0.4, 0.5) is 8.78 Å². The van der Waals surface area contributed by atoms with E-state index >= 15 is 8.78 Å². The number of ether oxygens (including phenoxy) is 5. The molecule has 0 radical (unpaired) electrons. The maximum Gasteiger partial charge on any atom is 0.335 e. The molecule has 3 aromatic carbocycles. The first kappa shape index (κ1) is 31.1. The summed E-state index contributed by atoms with van der Waals surface area (Å²) in [5.41, 5.74) is 5.92. The van der Waals surface area contributed by atoms with Crippen LogP contribution in [0, 0.1) is 17.0 Å². The fraction of sp³-hybridized carbons (Fsp3) is 0.0968. The third-order valence-corrected chi connectivity index (χ3v) is 6.49. The normalized spacial score (nSPS) is 10.7. The monoisotopic (exact) mass is 633 g/mol. The minimum absolute atomic E-state index is 0.0731. The van der Waals surface area contributed by atoms with Crippen molar-refractivity contribution in [2.24, 2.45) is 12.8 Å². The maximum atomic E-state index is 16.1. The highest BCUT2D eigenvalue weighted by molar-refractivity contribution is 5.95. The number of nitrogens with one attached hydrogen (secondary N) is 1. The van der Waals surface area contributed by atoms with Gasteiger partial charge in [0, 0.05) is 30.6 Å². The number of nitrogens with two attached hydrogens (primary N) is 1. The molecule has 0 aliphatic rings. The lowest BCUT2D eigenvalue weighted by Crippen LogP contribution is -2.11. The summed E-state index contributed by atoms with van der Waals surface area (Å²) < 4.78 is 61.2. The second-order valence-corrected chi connectivity index (χ2v) is 9.49. The van der Waals surface area contributed by atoms with Crippen LogP contribution in [0.25, 0.3) is 11.4 Å². The lowest BCUT2D eigenvalue weighted by Gasteiger charge is -2.18. The maximum absolute atomic E-state index is 16.1. The van der Waals surface area contributed by atoms with E-state index in [1.54, 1.807) is 42.2 Å². The van der Waals surface area contributed by atoms with Crippen LogP contribution in [0.3, 0.4) is 0 Å². The number of amidine groups is 1. The summed E-state index contributed by atoms with van der Waals surface area (Å²) in [6, 6.07) is 12.1. The van der Waals surface area contributed by atoms with E-state index in [2.05, 4.69) is 9.97 Å². The minimum Gasteiger partial charge on any atom is -0.504 e. The quantitative estimate of drug-likeness (QED) is 0.101. The van der Waals surface area contributed by atoms with Gasteiger partial charge in [0.25, 0.3) is 11.8 Å². The lowest BCUT2D eigenvalue weighted by atomic mass is 10.2.